The number of methoxy groups -OCH3 is 1. The third-order valence-electron chi connectivity index (χ3n) is 5.22. The lowest BCUT2D eigenvalue weighted by molar-refractivity contribution is -0.138. The minimum atomic E-state index is -0.479. The molecule has 1 heterocycles. The lowest BCUT2D eigenvalue weighted by Gasteiger charge is -2.39. The second-order valence-corrected chi connectivity index (χ2v) is 8.09. The molecular formula is C23H27NO4. The molecule has 0 unspecified atom stereocenters. The highest BCUT2D eigenvalue weighted by molar-refractivity contribution is 6.04. The van der Waals surface area contributed by atoms with Crippen molar-refractivity contribution >= 4 is 11.8 Å². The van der Waals surface area contributed by atoms with Gasteiger partial charge in [-0.25, -0.2) is 4.79 Å². The van der Waals surface area contributed by atoms with Gasteiger partial charge in [-0.05, 0) is 36.5 Å². The van der Waals surface area contributed by atoms with Gasteiger partial charge in [0.15, 0.2) is 5.78 Å². The molecule has 1 N–H and O–H groups in total. The monoisotopic (exact) mass is 381 g/mol. The van der Waals surface area contributed by atoms with E-state index in [1.54, 1.807) is 7.11 Å². The number of carbonyl (C=O) groups excluding carboxylic acids is 2. The maximum absolute atomic E-state index is 13.2. The molecule has 0 radical (unpaired) electrons. The van der Waals surface area contributed by atoms with Gasteiger partial charge in [-0.2, -0.15) is 0 Å². The van der Waals surface area contributed by atoms with Crippen LogP contribution in [0.2, 0.25) is 0 Å². The van der Waals surface area contributed by atoms with E-state index >= 15 is 0 Å². The normalized spacial score (nSPS) is 21.0. The first-order chi connectivity index (χ1) is 13.3. The van der Waals surface area contributed by atoms with Crippen molar-refractivity contribution in [1.29, 1.82) is 0 Å². The van der Waals surface area contributed by atoms with Crippen molar-refractivity contribution in [2.45, 2.75) is 39.5 Å². The maximum atomic E-state index is 13.2. The lowest BCUT2D eigenvalue weighted by Crippen LogP contribution is -2.38. The second kappa shape index (κ2) is 7.66. The van der Waals surface area contributed by atoms with Crippen molar-refractivity contribution in [3.05, 3.63) is 65.0 Å². The van der Waals surface area contributed by atoms with E-state index in [0.29, 0.717) is 29.0 Å². The number of dihydropyridines is 1. The van der Waals surface area contributed by atoms with E-state index in [1.807, 2.05) is 31.2 Å². The summed E-state index contributed by atoms with van der Waals surface area (Å²) in [5, 5.41) is 3.32. The van der Waals surface area contributed by atoms with Crippen molar-refractivity contribution in [3.63, 3.8) is 0 Å². The van der Waals surface area contributed by atoms with Crippen LogP contribution in [0.15, 0.2) is 59.5 Å². The number of allylic oxidation sites excluding steroid dienone is 3. The first kappa shape index (κ1) is 19.9. The Morgan fingerprint density at radius 3 is 2.79 bits per heavy atom. The minimum absolute atomic E-state index is 0.0630. The molecule has 0 spiro atoms. The summed E-state index contributed by atoms with van der Waals surface area (Å²) in [5.41, 5.74) is 3.44. The smallest absolute Gasteiger partial charge is 0.337 e. The zero-order chi connectivity index (χ0) is 20.5. The van der Waals surface area contributed by atoms with Gasteiger partial charge < -0.3 is 14.8 Å². The Labute approximate surface area is 166 Å². The highest BCUT2D eigenvalue weighted by Gasteiger charge is 2.43. The summed E-state index contributed by atoms with van der Waals surface area (Å²) in [4.78, 5) is 26.0. The predicted molar refractivity (Wildman–Crippen MR) is 108 cm³/mol. The van der Waals surface area contributed by atoms with Gasteiger partial charge in [-0.15, -0.1) is 0 Å². The average molecular weight is 381 g/mol. The van der Waals surface area contributed by atoms with Crippen molar-refractivity contribution in [2.24, 2.45) is 5.41 Å². The van der Waals surface area contributed by atoms with Crippen LogP contribution in [-0.2, 0) is 14.3 Å². The molecule has 0 amide bonds. The van der Waals surface area contributed by atoms with Gasteiger partial charge in [-0.1, -0.05) is 38.6 Å². The van der Waals surface area contributed by atoms with Crippen LogP contribution in [0.4, 0.5) is 0 Å². The van der Waals surface area contributed by atoms with Crippen molar-refractivity contribution in [3.8, 4) is 5.75 Å². The van der Waals surface area contributed by atoms with Crippen molar-refractivity contribution < 1.29 is 19.1 Å². The topological polar surface area (TPSA) is 64.6 Å². The minimum Gasteiger partial charge on any atom is -0.497 e. The zero-order valence-corrected chi connectivity index (χ0v) is 16.9. The summed E-state index contributed by atoms with van der Waals surface area (Å²) in [6.07, 6.45) is 2.73. The molecule has 1 aromatic carbocycles. The van der Waals surface area contributed by atoms with Gasteiger partial charge >= 0.3 is 5.97 Å². The number of esters is 1. The van der Waals surface area contributed by atoms with E-state index in [2.05, 4.69) is 25.7 Å². The highest BCUT2D eigenvalue weighted by atomic mass is 16.5. The molecule has 1 aromatic rings. The fourth-order valence-corrected chi connectivity index (χ4v) is 4.07. The van der Waals surface area contributed by atoms with Gasteiger partial charge in [-0.3, -0.25) is 4.79 Å². The molecule has 1 atom stereocenters. The number of Topliss-reactive ketones (excluding diaryl/α,β-unsaturated/α-hetero) is 1. The summed E-state index contributed by atoms with van der Waals surface area (Å²) in [5.74, 6) is -0.180. The number of nitrogens with one attached hydrogen (secondary N) is 1. The van der Waals surface area contributed by atoms with E-state index in [1.165, 1.54) is 6.08 Å². The Morgan fingerprint density at radius 1 is 1.36 bits per heavy atom. The Kier molecular flexibility index (Phi) is 5.45. The van der Waals surface area contributed by atoms with Gasteiger partial charge in [0.1, 0.15) is 12.4 Å². The summed E-state index contributed by atoms with van der Waals surface area (Å²) >= 11 is 0. The average Bonchev–Trinajstić information content (AvgIpc) is 2.64. The van der Waals surface area contributed by atoms with E-state index in [4.69, 9.17) is 9.47 Å². The number of hydrogen-bond donors (Lipinski definition) is 1. The van der Waals surface area contributed by atoms with E-state index in [-0.39, 0.29) is 17.8 Å². The largest absolute Gasteiger partial charge is 0.497 e. The number of hydrogen-bond acceptors (Lipinski definition) is 5. The summed E-state index contributed by atoms with van der Waals surface area (Å²) in [6.45, 7) is 9.75. The molecule has 3 rings (SSSR count). The van der Waals surface area contributed by atoms with Crippen LogP contribution in [0.5, 0.6) is 5.75 Å². The van der Waals surface area contributed by atoms with Crippen LogP contribution >= 0.6 is 0 Å². The maximum Gasteiger partial charge on any atom is 0.337 e. The molecule has 5 nitrogen and oxygen atoms in total. The number of carbonyl (C=O) groups is 2. The van der Waals surface area contributed by atoms with Crippen LogP contribution in [0.3, 0.4) is 0 Å². The molecule has 5 heteroatoms. The Morgan fingerprint density at radius 2 is 2.11 bits per heavy atom. The van der Waals surface area contributed by atoms with Crippen LogP contribution < -0.4 is 10.1 Å². The number of benzene rings is 1. The molecule has 0 saturated carbocycles. The third kappa shape index (κ3) is 3.75. The SMILES string of the molecule is C=CCOC(=O)C1=C(C)NC2=C(C(=O)CC(C)(C)C2)[C@H]1c1cccc(OC)c1. The summed E-state index contributed by atoms with van der Waals surface area (Å²) in [6, 6.07) is 7.51. The fraction of sp³-hybridized carbons (Fsp3) is 0.391. The van der Waals surface area contributed by atoms with E-state index in [9.17, 15) is 9.59 Å². The van der Waals surface area contributed by atoms with Crippen LogP contribution in [0.25, 0.3) is 0 Å². The third-order valence-corrected chi connectivity index (χ3v) is 5.22. The molecule has 1 aliphatic carbocycles. The molecule has 0 bridgehead atoms. The number of ketones is 1. The molecule has 0 aromatic heterocycles. The van der Waals surface area contributed by atoms with Gasteiger partial charge in [0.05, 0.1) is 12.7 Å². The Bertz CT molecular complexity index is 892. The summed E-state index contributed by atoms with van der Waals surface area (Å²) in [7, 11) is 1.60. The predicted octanol–water partition coefficient (Wildman–Crippen LogP) is 4.03. The molecule has 0 fully saturated rings. The van der Waals surface area contributed by atoms with Crippen LogP contribution in [0.1, 0.15) is 45.1 Å². The van der Waals surface area contributed by atoms with Crippen LogP contribution in [0, 0.1) is 5.41 Å². The van der Waals surface area contributed by atoms with E-state index < -0.39 is 11.9 Å². The molecule has 2 aliphatic rings. The summed E-state index contributed by atoms with van der Waals surface area (Å²) < 4.78 is 10.7. The lowest BCUT2D eigenvalue weighted by atomic mass is 9.68. The zero-order valence-electron chi connectivity index (χ0n) is 16.9. The Balaban J connectivity index is 2.16. The standard InChI is InChI=1S/C23H27NO4/c1-6-10-28-22(26)19-14(2)24-17-12-23(3,4)13-18(25)21(17)20(19)15-8-7-9-16(11-15)27-5/h6-9,11,20,24H,1,10,12-13H2,2-5H3/t20-/m0/s1. The Hall–Kier alpha value is -2.82. The number of rotatable bonds is 5. The van der Waals surface area contributed by atoms with E-state index in [0.717, 1.165) is 17.7 Å². The fourth-order valence-electron chi connectivity index (χ4n) is 4.07. The van der Waals surface area contributed by atoms with Gasteiger partial charge in [0.25, 0.3) is 0 Å². The van der Waals surface area contributed by atoms with Gasteiger partial charge in [0, 0.05) is 29.3 Å². The van der Waals surface area contributed by atoms with Crippen molar-refractivity contribution in [1.82, 2.24) is 5.32 Å². The number of ether oxygens (including phenoxy) is 2. The molecular weight excluding hydrogens is 354 g/mol. The molecule has 28 heavy (non-hydrogen) atoms. The first-order valence-corrected chi connectivity index (χ1v) is 9.43. The first-order valence-electron chi connectivity index (χ1n) is 9.43. The van der Waals surface area contributed by atoms with Crippen LogP contribution in [-0.4, -0.2) is 25.5 Å². The second-order valence-electron chi connectivity index (χ2n) is 8.09. The van der Waals surface area contributed by atoms with Crippen molar-refractivity contribution in [2.75, 3.05) is 13.7 Å². The van der Waals surface area contributed by atoms with Gasteiger partial charge in [0.2, 0.25) is 0 Å². The quantitative estimate of drug-likeness (QED) is 0.616. The highest BCUT2D eigenvalue weighted by Crippen LogP contribution is 2.47. The molecule has 0 saturated heterocycles. The molecule has 148 valence electrons. The molecule has 1 aliphatic heterocycles.